The summed E-state index contributed by atoms with van der Waals surface area (Å²) in [7, 11) is -4.84. The van der Waals surface area contributed by atoms with Crippen LogP contribution in [0.4, 0.5) is 17.6 Å². The van der Waals surface area contributed by atoms with Crippen LogP contribution >= 0.6 is 0 Å². The molecule has 0 saturated heterocycles. The van der Waals surface area contributed by atoms with Gasteiger partial charge in [-0.3, -0.25) is 0 Å². The minimum absolute atomic E-state index is 1.96. The number of hydrogen-bond acceptors (Lipinski definition) is 2. The van der Waals surface area contributed by atoms with Crippen molar-refractivity contribution in [2.75, 3.05) is 5.75 Å². The van der Waals surface area contributed by atoms with Gasteiger partial charge in [0.1, 0.15) is 0 Å². The van der Waals surface area contributed by atoms with Crippen LogP contribution in [-0.2, 0) is 9.84 Å². The summed E-state index contributed by atoms with van der Waals surface area (Å²) in [6, 6.07) is 0. The SMILES string of the molecule is C=C(F)S(=O)(=O)CC(F)(F)F. The molecule has 0 aromatic rings. The van der Waals surface area contributed by atoms with E-state index in [4.69, 9.17) is 0 Å². The molecule has 0 fully saturated rings. The monoisotopic (exact) mass is 192 g/mol. The highest BCUT2D eigenvalue weighted by Gasteiger charge is 2.36. The van der Waals surface area contributed by atoms with Gasteiger partial charge >= 0.3 is 6.18 Å². The molecule has 0 aliphatic rings. The normalized spacial score (nSPS) is 13.1. The zero-order valence-electron chi connectivity index (χ0n) is 5.15. The summed E-state index contributed by atoms with van der Waals surface area (Å²) in [6.07, 6.45) is -4.92. The molecule has 0 spiro atoms. The quantitative estimate of drug-likeness (QED) is 0.620. The van der Waals surface area contributed by atoms with E-state index >= 15 is 0 Å². The molecule has 0 heterocycles. The molecule has 0 rings (SSSR count). The minimum atomic E-state index is -4.92. The highest BCUT2D eigenvalue weighted by Crippen LogP contribution is 2.20. The molecule has 0 saturated carbocycles. The van der Waals surface area contributed by atoms with Crippen molar-refractivity contribution in [1.82, 2.24) is 0 Å². The lowest BCUT2D eigenvalue weighted by Crippen LogP contribution is -2.22. The summed E-state index contributed by atoms with van der Waals surface area (Å²) in [5.74, 6) is -2.20. The number of rotatable bonds is 2. The van der Waals surface area contributed by atoms with Crippen LogP contribution in [0.3, 0.4) is 0 Å². The lowest BCUT2D eigenvalue weighted by molar-refractivity contribution is -0.106. The van der Waals surface area contributed by atoms with E-state index in [0.717, 1.165) is 0 Å². The Morgan fingerprint density at radius 3 is 1.82 bits per heavy atom. The topological polar surface area (TPSA) is 34.1 Å². The maximum Gasteiger partial charge on any atom is 0.403 e. The molecule has 0 aromatic carbocycles. The molecule has 0 aliphatic carbocycles. The molecular weight excluding hydrogens is 188 g/mol. The first-order chi connectivity index (χ1) is 4.65. The third kappa shape index (κ3) is 3.97. The van der Waals surface area contributed by atoms with Crippen molar-refractivity contribution < 1.29 is 26.0 Å². The fourth-order valence-electron chi connectivity index (χ4n) is 0.294. The molecule has 11 heavy (non-hydrogen) atoms. The van der Waals surface area contributed by atoms with Crippen LogP contribution in [0.2, 0.25) is 0 Å². The van der Waals surface area contributed by atoms with E-state index in [2.05, 4.69) is 6.58 Å². The molecule has 2 nitrogen and oxygen atoms in total. The van der Waals surface area contributed by atoms with Crippen molar-refractivity contribution in [3.05, 3.63) is 11.7 Å². The summed E-state index contributed by atoms with van der Waals surface area (Å²) >= 11 is 0. The van der Waals surface area contributed by atoms with Crippen molar-refractivity contribution in [3.63, 3.8) is 0 Å². The van der Waals surface area contributed by atoms with Crippen molar-refractivity contribution in [2.45, 2.75) is 6.18 Å². The van der Waals surface area contributed by atoms with E-state index in [1.807, 2.05) is 0 Å². The Morgan fingerprint density at radius 2 is 1.73 bits per heavy atom. The van der Waals surface area contributed by atoms with Crippen molar-refractivity contribution in [2.24, 2.45) is 0 Å². The molecule has 0 radical (unpaired) electrons. The maximum absolute atomic E-state index is 11.7. The number of sulfone groups is 1. The van der Waals surface area contributed by atoms with Gasteiger partial charge in [-0.1, -0.05) is 6.58 Å². The molecule has 0 N–H and O–H groups in total. The Balaban J connectivity index is 4.53. The van der Waals surface area contributed by atoms with Gasteiger partial charge in [-0.25, -0.2) is 8.42 Å². The number of alkyl halides is 3. The van der Waals surface area contributed by atoms with Gasteiger partial charge in [0.15, 0.2) is 5.75 Å². The van der Waals surface area contributed by atoms with Gasteiger partial charge in [0.05, 0.1) is 0 Å². The van der Waals surface area contributed by atoms with Crippen LogP contribution in [0, 0.1) is 0 Å². The van der Waals surface area contributed by atoms with Crippen LogP contribution in [0.25, 0.3) is 0 Å². The molecular formula is C4H4F4O2S. The van der Waals surface area contributed by atoms with Crippen LogP contribution < -0.4 is 0 Å². The summed E-state index contributed by atoms with van der Waals surface area (Å²) in [5, 5.41) is -1.96. The number of hydrogen-bond donors (Lipinski definition) is 0. The third-order valence-electron chi connectivity index (χ3n) is 0.691. The van der Waals surface area contributed by atoms with Crippen LogP contribution in [0.5, 0.6) is 0 Å². The molecule has 0 unspecified atom stereocenters. The Bertz CT molecular complexity index is 250. The third-order valence-corrected chi connectivity index (χ3v) is 2.07. The van der Waals surface area contributed by atoms with E-state index in [1.54, 1.807) is 0 Å². The van der Waals surface area contributed by atoms with Gasteiger partial charge in [-0.2, -0.15) is 17.6 Å². The molecule has 0 aromatic heterocycles. The first-order valence-electron chi connectivity index (χ1n) is 2.29. The van der Waals surface area contributed by atoms with Crippen molar-refractivity contribution >= 4 is 9.84 Å². The van der Waals surface area contributed by atoms with E-state index < -0.39 is 26.9 Å². The Kier molecular flexibility index (Phi) is 2.65. The Labute approximate surface area is 60.4 Å². The molecule has 0 atom stereocenters. The Morgan fingerprint density at radius 1 is 1.36 bits per heavy atom. The largest absolute Gasteiger partial charge is 0.403 e. The van der Waals surface area contributed by atoms with Crippen LogP contribution in [0.15, 0.2) is 11.7 Å². The fraction of sp³-hybridized carbons (Fsp3) is 0.500. The summed E-state index contributed by atoms with van der Waals surface area (Å²) < 4.78 is 66.0. The predicted octanol–water partition coefficient (Wildman–Crippen LogP) is 1.40. The lowest BCUT2D eigenvalue weighted by Gasteiger charge is -2.04. The van der Waals surface area contributed by atoms with Gasteiger partial charge in [0, 0.05) is 0 Å². The predicted molar refractivity (Wildman–Crippen MR) is 30.1 cm³/mol. The minimum Gasteiger partial charge on any atom is -0.221 e. The van der Waals surface area contributed by atoms with E-state index in [9.17, 15) is 26.0 Å². The first kappa shape index (κ1) is 10.4. The lowest BCUT2D eigenvalue weighted by atomic mass is 10.8. The zero-order chi connectivity index (χ0) is 9.28. The van der Waals surface area contributed by atoms with Gasteiger partial charge in [0.25, 0.3) is 0 Å². The van der Waals surface area contributed by atoms with Crippen LogP contribution in [-0.4, -0.2) is 20.3 Å². The first-order valence-corrected chi connectivity index (χ1v) is 3.94. The standard InChI is InChI=1S/C4H4F4O2S/c1-3(5)11(9,10)2-4(6,7)8/h1-2H2. The second-order valence-corrected chi connectivity index (χ2v) is 3.69. The van der Waals surface area contributed by atoms with Crippen molar-refractivity contribution in [1.29, 1.82) is 0 Å². The maximum atomic E-state index is 11.7. The highest BCUT2D eigenvalue weighted by molar-refractivity contribution is 7.95. The van der Waals surface area contributed by atoms with E-state index in [1.165, 1.54) is 0 Å². The van der Waals surface area contributed by atoms with Gasteiger partial charge in [-0.15, -0.1) is 0 Å². The second-order valence-electron chi connectivity index (χ2n) is 1.73. The average molecular weight is 192 g/mol. The Hall–Kier alpha value is -0.590. The summed E-state index contributed by atoms with van der Waals surface area (Å²) in [4.78, 5) is 0. The second kappa shape index (κ2) is 2.80. The summed E-state index contributed by atoms with van der Waals surface area (Å²) in [6.45, 7) is 2.26. The highest BCUT2D eigenvalue weighted by atomic mass is 32.2. The van der Waals surface area contributed by atoms with Gasteiger partial charge < -0.3 is 0 Å². The molecule has 0 bridgehead atoms. The fourth-order valence-corrected chi connectivity index (χ4v) is 0.881. The van der Waals surface area contributed by atoms with Crippen LogP contribution in [0.1, 0.15) is 0 Å². The smallest absolute Gasteiger partial charge is 0.221 e. The van der Waals surface area contributed by atoms with E-state index in [-0.39, 0.29) is 0 Å². The van der Waals surface area contributed by atoms with E-state index in [0.29, 0.717) is 0 Å². The van der Waals surface area contributed by atoms with Gasteiger partial charge in [0.2, 0.25) is 15.0 Å². The molecule has 7 heteroatoms. The zero-order valence-corrected chi connectivity index (χ0v) is 5.97. The average Bonchev–Trinajstić information content (AvgIpc) is 1.56. The molecule has 0 aliphatic heterocycles. The molecule has 66 valence electrons. The van der Waals surface area contributed by atoms with Crippen molar-refractivity contribution in [3.8, 4) is 0 Å². The summed E-state index contributed by atoms with van der Waals surface area (Å²) in [5.41, 5.74) is 0. The molecule has 0 amide bonds. The number of halogens is 4. The van der Waals surface area contributed by atoms with Gasteiger partial charge in [-0.05, 0) is 0 Å².